The smallest absolute Gasteiger partial charge is 0.242 e. The van der Waals surface area contributed by atoms with Gasteiger partial charge in [-0.3, -0.25) is 14.4 Å². The number of hydrogen-bond donors (Lipinski definition) is 0. The fraction of sp³-hybridized carbons (Fsp3) is 0.444. The average molecular weight is 467 g/mol. The lowest BCUT2D eigenvalue weighted by atomic mass is 10.0. The number of nitrogens with zero attached hydrogens (tertiary/aromatic N) is 2. The normalized spacial score (nSPS) is 17.3. The molecule has 2 atom stereocenters. The van der Waals surface area contributed by atoms with Crippen molar-refractivity contribution < 1.29 is 23.9 Å². The van der Waals surface area contributed by atoms with E-state index in [1.165, 1.54) is 6.92 Å². The van der Waals surface area contributed by atoms with Crippen molar-refractivity contribution in [1.82, 2.24) is 9.80 Å². The minimum absolute atomic E-state index is 0.00271. The van der Waals surface area contributed by atoms with Crippen molar-refractivity contribution in [3.63, 3.8) is 0 Å². The van der Waals surface area contributed by atoms with Crippen LogP contribution in [-0.2, 0) is 32.1 Å². The monoisotopic (exact) mass is 466 g/mol. The van der Waals surface area contributed by atoms with Gasteiger partial charge >= 0.3 is 0 Å². The Morgan fingerprint density at radius 3 is 2.50 bits per heavy atom. The Labute approximate surface area is 201 Å². The molecule has 3 rings (SSSR count). The molecule has 1 fully saturated rings. The van der Waals surface area contributed by atoms with Gasteiger partial charge in [-0.1, -0.05) is 49.4 Å². The van der Waals surface area contributed by atoms with Crippen molar-refractivity contribution in [3.8, 4) is 5.75 Å². The number of ether oxygens (including phenoxy) is 2. The summed E-state index contributed by atoms with van der Waals surface area (Å²) >= 11 is 0. The molecule has 2 aromatic rings. The van der Waals surface area contributed by atoms with Crippen molar-refractivity contribution in [2.45, 2.75) is 39.4 Å². The predicted molar refractivity (Wildman–Crippen MR) is 129 cm³/mol. The van der Waals surface area contributed by atoms with Crippen molar-refractivity contribution >= 4 is 17.6 Å². The van der Waals surface area contributed by atoms with Crippen molar-refractivity contribution in [2.24, 2.45) is 5.92 Å². The Kier molecular flexibility index (Phi) is 9.22. The zero-order valence-electron chi connectivity index (χ0n) is 20.2. The van der Waals surface area contributed by atoms with Crippen LogP contribution in [0.2, 0.25) is 0 Å². The largest absolute Gasteiger partial charge is 0.497 e. The third kappa shape index (κ3) is 7.42. The Balaban J connectivity index is 1.71. The summed E-state index contributed by atoms with van der Waals surface area (Å²) in [5.74, 6) is 0.0286. The summed E-state index contributed by atoms with van der Waals surface area (Å²) in [4.78, 5) is 41.0. The van der Waals surface area contributed by atoms with Gasteiger partial charge in [-0.15, -0.1) is 0 Å². The summed E-state index contributed by atoms with van der Waals surface area (Å²) in [5.41, 5.74) is 2.10. The average Bonchev–Trinajstić information content (AvgIpc) is 3.00. The maximum absolute atomic E-state index is 13.1. The Hall–Kier alpha value is -3.19. The molecule has 1 heterocycles. The first-order valence-corrected chi connectivity index (χ1v) is 11.7. The molecule has 1 aliphatic rings. The van der Waals surface area contributed by atoms with Crippen LogP contribution in [0.15, 0.2) is 54.6 Å². The van der Waals surface area contributed by atoms with Gasteiger partial charge in [-0.2, -0.15) is 0 Å². The Bertz CT molecular complexity index is 978. The van der Waals surface area contributed by atoms with Crippen LogP contribution >= 0.6 is 0 Å². The van der Waals surface area contributed by atoms with Crippen LogP contribution in [0.1, 0.15) is 31.4 Å². The first kappa shape index (κ1) is 25.4. The lowest BCUT2D eigenvalue weighted by Gasteiger charge is -2.25. The molecule has 34 heavy (non-hydrogen) atoms. The summed E-state index contributed by atoms with van der Waals surface area (Å²) in [6, 6.07) is 17.6. The number of amides is 2. The van der Waals surface area contributed by atoms with E-state index in [9.17, 15) is 14.4 Å². The second kappa shape index (κ2) is 12.3. The first-order valence-electron chi connectivity index (χ1n) is 11.7. The Morgan fingerprint density at radius 2 is 1.79 bits per heavy atom. The van der Waals surface area contributed by atoms with E-state index in [0.717, 1.165) is 23.3 Å². The summed E-state index contributed by atoms with van der Waals surface area (Å²) in [7, 11) is 1.62. The maximum atomic E-state index is 13.1. The van der Waals surface area contributed by atoms with Gasteiger partial charge in [0.2, 0.25) is 11.8 Å². The summed E-state index contributed by atoms with van der Waals surface area (Å²) in [6.07, 6.45) is 0.477. The van der Waals surface area contributed by atoms with E-state index < -0.39 is 0 Å². The molecular formula is C27H34N2O5. The van der Waals surface area contributed by atoms with Crippen LogP contribution in [-0.4, -0.2) is 66.8 Å². The second-order valence-electron chi connectivity index (χ2n) is 8.85. The highest BCUT2D eigenvalue weighted by Gasteiger charge is 2.31. The van der Waals surface area contributed by atoms with E-state index in [1.54, 1.807) is 23.8 Å². The SMILES string of the molecule is COc1cccc(CO[C@@H]2CN(CCc3ccccc3)C(=O)CN(C(=O)C[C@H](C)C(C)=O)C2)c1. The highest BCUT2D eigenvalue weighted by molar-refractivity contribution is 5.88. The van der Waals surface area contributed by atoms with Gasteiger partial charge in [-0.05, 0) is 36.6 Å². The minimum atomic E-state index is -0.379. The van der Waals surface area contributed by atoms with E-state index in [2.05, 4.69) is 0 Å². The van der Waals surface area contributed by atoms with E-state index >= 15 is 0 Å². The molecule has 0 spiro atoms. The van der Waals surface area contributed by atoms with E-state index in [1.807, 2.05) is 54.6 Å². The molecule has 7 heteroatoms. The van der Waals surface area contributed by atoms with Gasteiger partial charge in [0.15, 0.2) is 0 Å². The topological polar surface area (TPSA) is 76.2 Å². The fourth-order valence-corrected chi connectivity index (χ4v) is 3.91. The van der Waals surface area contributed by atoms with Crippen LogP contribution < -0.4 is 4.74 Å². The number of benzene rings is 2. The third-order valence-electron chi connectivity index (χ3n) is 6.19. The summed E-state index contributed by atoms with van der Waals surface area (Å²) < 4.78 is 11.5. The van der Waals surface area contributed by atoms with Crippen LogP contribution in [0.4, 0.5) is 0 Å². The van der Waals surface area contributed by atoms with Crippen LogP contribution in [0.3, 0.4) is 0 Å². The fourth-order valence-electron chi connectivity index (χ4n) is 3.91. The van der Waals surface area contributed by atoms with Gasteiger partial charge in [-0.25, -0.2) is 0 Å². The zero-order chi connectivity index (χ0) is 24.5. The number of rotatable bonds is 10. The minimum Gasteiger partial charge on any atom is -0.497 e. The van der Waals surface area contributed by atoms with Gasteiger partial charge < -0.3 is 19.3 Å². The van der Waals surface area contributed by atoms with Gasteiger partial charge in [0.1, 0.15) is 11.5 Å². The molecule has 0 saturated carbocycles. The molecule has 0 unspecified atom stereocenters. The highest BCUT2D eigenvalue weighted by atomic mass is 16.5. The molecule has 7 nitrogen and oxygen atoms in total. The van der Waals surface area contributed by atoms with Crippen molar-refractivity contribution in [2.75, 3.05) is 33.3 Å². The molecule has 2 amide bonds. The molecule has 182 valence electrons. The zero-order valence-corrected chi connectivity index (χ0v) is 20.2. The van der Waals surface area contributed by atoms with Crippen LogP contribution in [0.5, 0.6) is 5.75 Å². The first-order chi connectivity index (χ1) is 16.4. The third-order valence-corrected chi connectivity index (χ3v) is 6.19. The number of ketones is 1. The molecule has 0 aliphatic carbocycles. The number of carbonyl (C=O) groups is 3. The standard InChI is InChI=1S/C27H34N2O5/c1-20(21(2)30)14-26(31)29-17-25(34-19-23-10-7-11-24(15-23)33-3)16-28(27(32)18-29)13-12-22-8-5-4-6-9-22/h4-11,15,20,25H,12-14,16-19H2,1-3H3/t20-,25+/m0/s1. The predicted octanol–water partition coefficient (Wildman–Crippen LogP) is 3.11. The molecule has 0 N–H and O–H groups in total. The summed E-state index contributed by atoms with van der Waals surface area (Å²) in [5, 5.41) is 0. The molecule has 0 bridgehead atoms. The van der Waals surface area contributed by atoms with Crippen LogP contribution in [0.25, 0.3) is 0 Å². The lowest BCUT2D eigenvalue weighted by Crippen LogP contribution is -2.40. The number of Topliss-reactive ketones (excluding diaryl/α,β-unsaturated/α-hetero) is 1. The second-order valence-corrected chi connectivity index (χ2v) is 8.85. The van der Waals surface area contributed by atoms with E-state index in [4.69, 9.17) is 9.47 Å². The quantitative estimate of drug-likeness (QED) is 0.538. The summed E-state index contributed by atoms with van der Waals surface area (Å²) in [6.45, 7) is 4.82. The highest BCUT2D eigenvalue weighted by Crippen LogP contribution is 2.17. The van der Waals surface area contributed by atoms with Gasteiger partial charge in [0.05, 0.1) is 26.4 Å². The maximum Gasteiger partial charge on any atom is 0.242 e. The van der Waals surface area contributed by atoms with Gasteiger partial charge in [0.25, 0.3) is 0 Å². The molecule has 1 aliphatic heterocycles. The number of hydrogen-bond acceptors (Lipinski definition) is 5. The van der Waals surface area contributed by atoms with E-state index in [-0.39, 0.29) is 42.6 Å². The number of methoxy groups -OCH3 is 1. The molecular weight excluding hydrogens is 432 g/mol. The van der Waals surface area contributed by atoms with Crippen molar-refractivity contribution in [1.29, 1.82) is 0 Å². The molecule has 0 radical (unpaired) electrons. The lowest BCUT2D eigenvalue weighted by molar-refractivity contribution is -0.140. The van der Waals surface area contributed by atoms with Crippen molar-refractivity contribution in [3.05, 3.63) is 65.7 Å². The van der Waals surface area contributed by atoms with Gasteiger partial charge in [0, 0.05) is 32.0 Å². The van der Waals surface area contributed by atoms with Crippen LogP contribution in [0, 0.1) is 5.92 Å². The molecule has 1 saturated heterocycles. The Morgan fingerprint density at radius 1 is 1.06 bits per heavy atom. The van der Waals surface area contributed by atoms with E-state index in [0.29, 0.717) is 26.2 Å². The molecule has 2 aromatic carbocycles. The molecule has 0 aromatic heterocycles. The number of carbonyl (C=O) groups excluding carboxylic acids is 3.